The average molecular weight is 238 g/mol. The Bertz CT molecular complexity index is 209. The molecule has 0 bridgehead atoms. The Hall–Kier alpha value is -0.510. The maximum absolute atomic E-state index is 12.1. The zero-order valence-electron chi connectivity index (χ0n) is 10.2. The summed E-state index contributed by atoms with van der Waals surface area (Å²) in [5.41, 5.74) is 0.380. The second-order valence-corrected chi connectivity index (χ2v) is 4.16. The lowest BCUT2D eigenvalue weighted by Gasteiger charge is -2.13. The van der Waals surface area contributed by atoms with E-state index >= 15 is 0 Å². The number of hydrogen-bond donors (Lipinski definition) is 0. The third-order valence-electron chi connectivity index (χ3n) is 2.31. The maximum atomic E-state index is 12.1. The molecule has 96 valence electrons. The van der Waals surface area contributed by atoms with E-state index in [4.69, 9.17) is 4.74 Å². The van der Waals surface area contributed by atoms with E-state index in [1.165, 1.54) is 6.92 Å². The van der Waals surface area contributed by atoms with Crippen molar-refractivity contribution >= 4 is 0 Å². The first-order valence-electron chi connectivity index (χ1n) is 5.62. The number of halogens is 3. The maximum Gasteiger partial charge on any atom is 0.392 e. The average Bonchev–Trinajstić information content (AvgIpc) is 2.11. The lowest BCUT2D eigenvalue weighted by atomic mass is 9.99. The quantitative estimate of drug-likeness (QED) is 0.599. The normalized spacial score (nSPS) is 15.2. The summed E-state index contributed by atoms with van der Waals surface area (Å²) < 4.78 is 41.4. The summed E-state index contributed by atoms with van der Waals surface area (Å²) in [5.74, 6) is 0.104. The van der Waals surface area contributed by atoms with Crippen LogP contribution in [0.4, 0.5) is 13.2 Å². The molecule has 0 aromatic heterocycles. The van der Waals surface area contributed by atoms with Crippen LogP contribution in [0.5, 0.6) is 0 Å². The van der Waals surface area contributed by atoms with Crippen LogP contribution in [0.15, 0.2) is 11.6 Å². The van der Waals surface area contributed by atoms with Gasteiger partial charge in [-0.25, -0.2) is 0 Å². The van der Waals surface area contributed by atoms with Gasteiger partial charge in [0.1, 0.15) is 0 Å². The first-order chi connectivity index (χ1) is 7.39. The van der Waals surface area contributed by atoms with Gasteiger partial charge in [0.15, 0.2) is 0 Å². The van der Waals surface area contributed by atoms with E-state index < -0.39 is 12.6 Å². The minimum Gasteiger partial charge on any atom is -0.384 e. The largest absolute Gasteiger partial charge is 0.392 e. The Kier molecular flexibility index (Phi) is 7.47. The van der Waals surface area contributed by atoms with E-state index in [0.717, 1.165) is 19.3 Å². The van der Waals surface area contributed by atoms with Crippen molar-refractivity contribution in [2.24, 2.45) is 5.92 Å². The molecule has 0 rings (SSSR count). The van der Waals surface area contributed by atoms with E-state index in [9.17, 15) is 13.2 Å². The number of unbranched alkanes of at least 4 members (excludes halogenated alkanes) is 1. The molecule has 1 atom stereocenters. The molecular weight excluding hydrogens is 217 g/mol. The van der Waals surface area contributed by atoms with Gasteiger partial charge in [-0.3, -0.25) is 0 Å². The Labute approximate surface area is 95.7 Å². The van der Waals surface area contributed by atoms with Gasteiger partial charge in [0.05, 0.1) is 13.0 Å². The first-order valence-corrected chi connectivity index (χ1v) is 5.62. The minimum atomic E-state index is -4.11. The highest BCUT2D eigenvalue weighted by Gasteiger charge is 2.27. The van der Waals surface area contributed by atoms with Crippen LogP contribution in [0.1, 0.15) is 39.5 Å². The van der Waals surface area contributed by atoms with Gasteiger partial charge < -0.3 is 4.74 Å². The van der Waals surface area contributed by atoms with E-state index in [0.29, 0.717) is 12.2 Å². The zero-order chi connectivity index (χ0) is 12.6. The second-order valence-electron chi connectivity index (χ2n) is 4.16. The van der Waals surface area contributed by atoms with Crippen LogP contribution in [0.3, 0.4) is 0 Å². The molecule has 0 amide bonds. The molecular formula is C12H21F3O. The molecule has 0 heterocycles. The summed E-state index contributed by atoms with van der Waals surface area (Å²) in [6, 6.07) is 0. The number of rotatable bonds is 7. The van der Waals surface area contributed by atoms with E-state index in [2.05, 4.69) is 6.92 Å². The molecule has 0 radical (unpaired) electrons. The topological polar surface area (TPSA) is 9.23 Å². The third kappa shape index (κ3) is 8.77. The standard InChI is InChI=1S/C12H21F3O/c1-4-5-6-11(9-16-3)7-10(2)8-12(13,14)15/h7,11H,4-6,8-9H2,1-3H3/b10-7-. The molecule has 0 saturated carbocycles. The van der Waals surface area contributed by atoms with Gasteiger partial charge in [0.25, 0.3) is 0 Å². The highest BCUT2D eigenvalue weighted by atomic mass is 19.4. The smallest absolute Gasteiger partial charge is 0.384 e. The molecule has 16 heavy (non-hydrogen) atoms. The fourth-order valence-electron chi connectivity index (χ4n) is 1.67. The van der Waals surface area contributed by atoms with Gasteiger partial charge in [-0.2, -0.15) is 13.2 Å². The predicted octanol–water partition coefficient (Wildman–Crippen LogP) is 4.34. The van der Waals surface area contributed by atoms with E-state index in [1.807, 2.05) is 0 Å². The Morgan fingerprint density at radius 3 is 2.44 bits per heavy atom. The predicted molar refractivity (Wildman–Crippen MR) is 59.3 cm³/mol. The molecule has 1 unspecified atom stereocenters. The lowest BCUT2D eigenvalue weighted by Crippen LogP contribution is -2.10. The van der Waals surface area contributed by atoms with Crippen molar-refractivity contribution < 1.29 is 17.9 Å². The van der Waals surface area contributed by atoms with Crippen LogP contribution in [0.2, 0.25) is 0 Å². The second kappa shape index (κ2) is 7.71. The molecule has 0 saturated heterocycles. The van der Waals surface area contributed by atoms with Crippen LogP contribution < -0.4 is 0 Å². The molecule has 0 spiro atoms. The number of alkyl halides is 3. The first kappa shape index (κ1) is 15.5. The van der Waals surface area contributed by atoms with E-state index in [-0.39, 0.29) is 5.92 Å². The van der Waals surface area contributed by atoms with Crippen molar-refractivity contribution in [2.75, 3.05) is 13.7 Å². The Morgan fingerprint density at radius 1 is 1.38 bits per heavy atom. The van der Waals surface area contributed by atoms with Gasteiger partial charge in [-0.15, -0.1) is 0 Å². The highest BCUT2D eigenvalue weighted by molar-refractivity contribution is 5.02. The van der Waals surface area contributed by atoms with Crippen molar-refractivity contribution in [3.63, 3.8) is 0 Å². The molecule has 0 aromatic rings. The van der Waals surface area contributed by atoms with Crippen molar-refractivity contribution in [1.82, 2.24) is 0 Å². The molecule has 0 N–H and O–H groups in total. The van der Waals surface area contributed by atoms with Gasteiger partial charge in [0.2, 0.25) is 0 Å². The molecule has 1 nitrogen and oxygen atoms in total. The summed E-state index contributed by atoms with van der Waals surface area (Å²) in [4.78, 5) is 0. The minimum absolute atomic E-state index is 0.104. The fourth-order valence-corrected chi connectivity index (χ4v) is 1.67. The van der Waals surface area contributed by atoms with Gasteiger partial charge in [0, 0.05) is 13.0 Å². The van der Waals surface area contributed by atoms with E-state index in [1.54, 1.807) is 13.2 Å². The van der Waals surface area contributed by atoms with Crippen LogP contribution in [-0.4, -0.2) is 19.9 Å². The zero-order valence-corrected chi connectivity index (χ0v) is 10.2. The fraction of sp³-hybridized carbons (Fsp3) is 0.833. The number of allylic oxidation sites excluding steroid dienone is 1. The van der Waals surface area contributed by atoms with Crippen LogP contribution in [0.25, 0.3) is 0 Å². The van der Waals surface area contributed by atoms with Crippen molar-refractivity contribution in [3.8, 4) is 0 Å². The van der Waals surface area contributed by atoms with Crippen molar-refractivity contribution in [3.05, 3.63) is 11.6 Å². The van der Waals surface area contributed by atoms with Gasteiger partial charge in [-0.05, 0) is 13.3 Å². The number of methoxy groups -OCH3 is 1. The molecule has 4 heteroatoms. The monoisotopic (exact) mass is 238 g/mol. The highest BCUT2D eigenvalue weighted by Crippen LogP contribution is 2.25. The number of ether oxygens (including phenoxy) is 1. The molecule has 0 aliphatic heterocycles. The van der Waals surface area contributed by atoms with Crippen LogP contribution in [-0.2, 0) is 4.74 Å². The molecule has 0 aliphatic rings. The summed E-state index contributed by atoms with van der Waals surface area (Å²) >= 11 is 0. The van der Waals surface area contributed by atoms with Crippen molar-refractivity contribution in [1.29, 1.82) is 0 Å². The van der Waals surface area contributed by atoms with Gasteiger partial charge in [-0.1, -0.05) is 31.4 Å². The Balaban J connectivity index is 4.27. The van der Waals surface area contributed by atoms with Crippen LogP contribution in [0, 0.1) is 5.92 Å². The summed E-state index contributed by atoms with van der Waals surface area (Å²) in [6.07, 6.45) is -0.273. The molecule has 0 aromatic carbocycles. The van der Waals surface area contributed by atoms with Crippen molar-refractivity contribution in [2.45, 2.75) is 45.7 Å². The summed E-state index contributed by atoms with van der Waals surface area (Å²) in [5, 5.41) is 0. The molecule has 0 aliphatic carbocycles. The third-order valence-corrected chi connectivity index (χ3v) is 2.31. The Morgan fingerprint density at radius 2 is 2.00 bits per heavy atom. The SMILES string of the molecule is CCCCC(/C=C(/C)CC(F)(F)F)COC. The van der Waals surface area contributed by atoms with Gasteiger partial charge >= 0.3 is 6.18 Å². The number of hydrogen-bond acceptors (Lipinski definition) is 1. The molecule has 0 fully saturated rings. The summed E-state index contributed by atoms with van der Waals surface area (Å²) in [7, 11) is 1.58. The lowest BCUT2D eigenvalue weighted by molar-refractivity contribution is -0.127. The van der Waals surface area contributed by atoms with Crippen LogP contribution >= 0.6 is 0 Å². The summed E-state index contributed by atoms with van der Waals surface area (Å²) in [6.45, 7) is 4.09.